The Bertz CT molecular complexity index is 741. The molecule has 0 saturated carbocycles. The van der Waals surface area contributed by atoms with Gasteiger partial charge in [-0.15, -0.1) is 0 Å². The summed E-state index contributed by atoms with van der Waals surface area (Å²) in [5, 5.41) is 7.45. The van der Waals surface area contributed by atoms with Gasteiger partial charge in [-0.3, -0.25) is 9.48 Å². The van der Waals surface area contributed by atoms with Crippen LogP contribution in [0.15, 0.2) is 30.6 Å². The number of carbonyl (C=O) groups excluding carboxylic acids is 1. The fourth-order valence-corrected chi connectivity index (χ4v) is 3.19. The van der Waals surface area contributed by atoms with Crippen LogP contribution in [0.1, 0.15) is 47.4 Å². The Morgan fingerprint density at radius 2 is 2.32 bits per heavy atom. The van der Waals surface area contributed by atoms with Crippen molar-refractivity contribution in [3.8, 4) is 5.75 Å². The Kier molecular flexibility index (Phi) is 5.38. The lowest BCUT2D eigenvalue weighted by Gasteiger charge is -2.32. The zero-order valence-electron chi connectivity index (χ0n) is 15.0. The average Bonchev–Trinajstić information content (AvgIpc) is 3.11. The van der Waals surface area contributed by atoms with E-state index in [1.165, 1.54) is 0 Å². The molecule has 0 spiro atoms. The lowest BCUT2D eigenvalue weighted by molar-refractivity contribution is -0.00953. The minimum Gasteiger partial charge on any atom is -0.496 e. The second-order valence-electron chi connectivity index (χ2n) is 6.35. The molecule has 1 aromatic heterocycles. The van der Waals surface area contributed by atoms with Gasteiger partial charge in [0.05, 0.1) is 24.9 Å². The third-order valence-electron chi connectivity index (χ3n) is 4.55. The summed E-state index contributed by atoms with van der Waals surface area (Å²) in [5.41, 5.74) is 2.60. The molecule has 25 heavy (non-hydrogen) atoms. The Balaban J connectivity index is 1.78. The number of aromatic nitrogens is 2. The van der Waals surface area contributed by atoms with E-state index >= 15 is 0 Å². The van der Waals surface area contributed by atoms with Crippen molar-refractivity contribution in [3.05, 3.63) is 47.3 Å². The Morgan fingerprint density at radius 1 is 1.48 bits per heavy atom. The van der Waals surface area contributed by atoms with E-state index in [0.29, 0.717) is 17.9 Å². The predicted octanol–water partition coefficient (Wildman–Crippen LogP) is 2.87. The van der Waals surface area contributed by atoms with E-state index in [0.717, 1.165) is 30.5 Å². The van der Waals surface area contributed by atoms with Gasteiger partial charge >= 0.3 is 0 Å². The number of methoxy groups -OCH3 is 1. The highest BCUT2D eigenvalue weighted by molar-refractivity contribution is 5.97. The van der Waals surface area contributed by atoms with Crippen LogP contribution in [-0.4, -0.2) is 35.4 Å². The Labute approximate surface area is 148 Å². The first-order valence-corrected chi connectivity index (χ1v) is 8.71. The van der Waals surface area contributed by atoms with Crippen molar-refractivity contribution in [2.75, 3.05) is 13.7 Å². The van der Waals surface area contributed by atoms with Crippen LogP contribution in [0.3, 0.4) is 0 Å². The number of benzene rings is 1. The zero-order valence-corrected chi connectivity index (χ0v) is 15.0. The fourth-order valence-electron chi connectivity index (χ4n) is 3.19. The number of aryl methyl sites for hydroxylation is 2. The van der Waals surface area contributed by atoms with Crippen molar-refractivity contribution in [3.63, 3.8) is 0 Å². The molecule has 134 valence electrons. The summed E-state index contributed by atoms with van der Waals surface area (Å²) in [7, 11) is 1.58. The summed E-state index contributed by atoms with van der Waals surface area (Å²) in [6.45, 7) is 5.52. The third-order valence-corrected chi connectivity index (χ3v) is 4.55. The van der Waals surface area contributed by atoms with Crippen LogP contribution < -0.4 is 10.1 Å². The van der Waals surface area contributed by atoms with Gasteiger partial charge in [-0.2, -0.15) is 5.10 Å². The van der Waals surface area contributed by atoms with Gasteiger partial charge in [-0.25, -0.2) is 0 Å². The van der Waals surface area contributed by atoms with Gasteiger partial charge in [0, 0.05) is 24.9 Å². The van der Waals surface area contributed by atoms with Gasteiger partial charge in [-0.1, -0.05) is 6.07 Å². The highest BCUT2D eigenvalue weighted by Crippen LogP contribution is 2.29. The SMILES string of the molecule is CCn1cc([C@@H]2OCCC[C@H]2NC(=O)c2ccc(C)cc2OC)cn1. The molecule has 0 unspecified atom stereocenters. The van der Waals surface area contributed by atoms with E-state index in [1.807, 2.05) is 43.1 Å². The second-order valence-corrected chi connectivity index (χ2v) is 6.35. The number of nitrogens with zero attached hydrogens (tertiary/aromatic N) is 2. The molecule has 1 fully saturated rings. The van der Waals surface area contributed by atoms with Crippen molar-refractivity contribution in [1.82, 2.24) is 15.1 Å². The minimum absolute atomic E-state index is 0.0817. The number of rotatable bonds is 5. The molecule has 0 radical (unpaired) electrons. The van der Waals surface area contributed by atoms with E-state index in [-0.39, 0.29) is 18.1 Å². The first-order valence-electron chi connectivity index (χ1n) is 8.71. The smallest absolute Gasteiger partial charge is 0.255 e. The molecule has 1 aliphatic rings. The molecule has 1 amide bonds. The maximum atomic E-state index is 12.8. The number of hydrogen-bond acceptors (Lipinski definition) is 4. The first-order chi connectivity index (χ1) is 12.1. The largest absolute Gasteiger partial charge is 0.496 e. The van der Waals surface area contributed by atoms with E-state index in [9.17, 15) is 4.79 Å². The molecular formula is C19H25N3O3. The molecule has 1 saturated heterocycles. The van der Waals surface area contributed by atoms with Crippen LogP contribution in [0, 0.1) is 6.92 Å². The van der Waals surface area contributed by atoms with Crippen LogP contribution in [0.2, 0.25) is 0 Å². The summed E-state index contributed by atoms with van der Waals surface area (Å²) in [5.74, 6) is 0.449. The van der Waals surface area contributed by atoms with E-state index in [4.69, 9.17) is 9.47 Å². The molecule has 6 nitrogen and oxygen atoms in total. The molecule has 0 aliphatic carbocycles. The van der Waals surface area contributed by atoms with Gasteiger partial charge in [0.15, 0.2) is 0 Å². The topological polar surface area (TPSA) is 65.4 Å². The molecule has 1 aromatic carbocycles. The molecule has 0 bridgehead atoms. The van der Waals surface area contributed by atoms with Gasteiger partial charge in [-0.05, 0) is 44.4 Å². The lowest BCUT2D eigenvalue weighted by Crippen LogP contribution is -2.42. The highest BCUT2D eigenvalue weighted by Gasteiger charge is 2.30. The molecule has 3 rings (SSSR count). The van der Waals surface area contributed by atoms with Crippen LogP contribution in [-0.2, 0) is 11.3 Å². The van der Waals surface area contributed by atoms with Crippen LogP contribution in [0.25, 0.3) is 0 Å². The normalized spacial score (nSPS) is 20.3. The molecule has 1 aliphatic heterocycles. The van der Waals surface area contributed by atoms with Gasteiger partial charge in [0.2, 0.25) is 0 Å². The number of nitrogens with one attached hydrogen (secondary N) is 1. The van der Waals surface area contributed by atoms with Crippen LogP contribution >= 0.6 is 0 Å². The summed E-state index contributed by atoms with van der Waals surface area (Å²) < 4.78 is 13.2. The standard InChI is InChI=1S/C19H25N3O3/c1-4-22-12-14(11-20-22)18-16(6-5-9-25-18)21-19(23)15-8-7-13(2)10-17(15)24-3/h7-8,10-12,16,18H,4-6,9H2,1-3H3,(H,21,23)/t16-,18+/m1/s1. The van der Waals surface area contributed by atoms with Crippen LogP contribution in [0.4, 0.5) is 0 Å². The molecule has 1 N–H and O–H groups in total. The molecular weight excluding hydrogens is 318 g/mol. The molecule has 6 heteroatoms. The monoisotopic (exact) mass is 343 g/mol. The van der Waals surface area contributed by atoms with Gasteiger partial charge < -0.3 is 14.8 Å². The number of amides is 1. The van der Waals surface area contributed by atoms with Crippen LogP contribution in [0.5, 0.6) is 5.75 Å². The van der Waals surface area contributed by atoms with E-state index < -0.39 is 0 Å². The second kappa shape index (κ2) is 7.70. The Hall–Kier alpha value is -2.34. The van der Waals surface area contributed by atoms with E-state index in [1.54, 1.807) is 13.2 Å². The molecule has 2 heterocycles. The van der Waals surface area contributed by atoms with Crippen molar-refractivity contribution < 1.29 is 14.3 Å². The van der Waals surface area contributed by atoms with Gasteiger partial charge in [0.25, 0.3) is 5.91 Å². The summed E-state index contributed by atoms with van der Waals surface area (Å²) in [6, 6.07) is 5.51. The molecule has 2 atom stereocenters. The average molecular weight is 343 g/mol. The van der Waals surface area contributed by atoms with Crippen molar-refractivity contribution >= 4 is 5.91 Å². The van der Waals surface area contributed by atoms with Crippen molar-refractivity contribution in [1.29, 1.82) is 0 Å². The number of carbonyl (C=O) groups is 1. The van der Waals surface area contributed by atoms with Gasteiger partial charge in [0.1, 0.15) is 11.9 Å². The number of hydrogen-bond donors (Lipinski definition) is 1. The summed E-state index contributed by atoms with van der Waals surface area (Å²) >= 11 is 0. The lowest BCUT2D eigenvalue weighted by atomic mass is 9.97. The summed E-state index contributed by atoms with van der Waals surface area (Å²) in [4.78, 5) is 12.8. The quantitative estimate of drug-likeness (QED) is 0.907. The first kappa shape index (κ1) is 17.5. The summed E-state index contributed by atoms with van der Waals surface area (Å²) in [6.07, 6.45) is 5.44. The fraction of sp³-hybridized carbons (Fsp3) is 0.474. The number of ether oxygens (including phenoxy) is 2. The molecule has 2 aromatic rings. The Morgan fingerprint density at radius 3 is 3.04 bits per heavy atom. The predicted molar refractivity (Wildman–Crippen MR) is 94.8 cm³/mol. The van der Waals surface area contributed by atoms with Crippen molar-refractivity contribution in [2.45, 2.75) is 45.4 Å². The van der Waals surface area contributed by atoms with E-state index in [2.05, 4.69) is 10.4 Å². The maximum absolute atomic E-state index is 12.8. The minimum atomic E-state index is -0.172. The zero-order chi connectivity index (χ0) is 17.8. The third kappa shape index (κ3) is 3.85. The highest BCUT2D eigenvalue weighted by atomic mass is 16.5. The maximum Gasteiger partial charge on any atom is 0.255 e. The van der Waals surface area contributed by atoms with Crippen molar-refractivity contribution in [2.24, 2.45) is 0 Å².